The van der Waals surface area contributed by atoms with Gasteiger partial charge >= 0.3 is 0 Å². The molecule has 2 aromatic rings. The Morgan fingerprint density at radius 1 is 1.24 bits per heavy atom. The second kappa shape index (κ2) is 6.64. The van der Waals surface area contributed by atoms with Crippen molar-refractivity contribution in [3.8, 4) is 11.5 Å². The molecular weight excluding hydrogens is 344 g/mol. The molecule has 0 aromatic heterocycles. The fourth-order valence-corrected chi connectivity index (χ4v) is 3.71. The van der Waals surface area contributed by atoms with Gasteiger partial charge in [0.15, 0.2) is 0 Å². The van der Waals surface area contributed by atoms with Gasteiger partial charge in [0.1, 0.15) is 18.1 Å². The molecule has 1 amide bonds. The fourth-order valence-electron chi connectivity index (χ4n) is 2.62. The van der Waals surface area contributed by atoms with E-state index in [0.29, 0.717) is 36.0 Å². The third-order valence-corrected chi connectivity index (χ3v) is 5.20. The van der Waals surface area contributed by atoms with Crippen molar-refractivity contribution in [1.29, 1.82) is 0 Å². The molecule has 0 bridgehead atoms. The molecule has 0 aliphatic carbocycles. The normalized spacial score (nSPS) is 13.6. The molecule has 0 radical (unpaired) electrons. The predicted molar refractivity (Wildman–Crippen MR) is 93.8 cm³/mol. The molecule has 1 aliphatic rings. The predicted octanol–water partition coefficient (Wildman–Crippen LogP) is 2.24. The summed E-state index contributed by atoms with van der Waals surface area (Å²) >= 11 is 0. The molecule has 7 nitrogen and oxygen atoms in total. The van der Waals surface area contributed by atoms with Crippen LogP contribution in [0.4, 0.5) is 11.4 Å². The summed E-state index contributed by atoms with van der Waals surface area (Å²) in [7, 11) is -2.39. The standard InChI is InChI=1S/C17H18N2O5S/c1-12(20)19-9-10-24-17-8-7-13(11-15(17)19)25(21,22)18-14-5-3-4-6-16(14)23-2/h3-8,11,18H,9-10H2,1-2H3. The summed E-state index contributed by atoms with van der Waals surface area (Å²) in [6.07, 6.45) is 0. The van der Waals surface area contributed by atoms with Crippen LogP contribution < -0.4 is 19.1 Å². The Kier molecular flexibility index (Phi) is 4.54. The molecule has 132 valence electrons. The van der Waals surface area contributed by atoms with Gasteiger partial charge in [0.2, 0.25) is 5.91 Å². The molecule has 0 saturated heterocycles. The van der Waals surface area contributed by atoms with Crippen LogP contribution in [0.15, 0.2) is 47.4 Å². The maximum absolute atomic E-state index is 12.7. The lowest BCUT2D eigenvalue weighted by atomic mass is 10.2. The number of nitrogens with one attached hydrogen (secondary N) is 1. The third-order valence-electron chi connectivity index (χ3n) is 3.84. The van der Waals surface area contributed by atoms with Gasteiger partial charge in [-0.05, 0) is 30.3 Å². The highest BCUT2D eigenvalue weighted by Crippen LogP contribution is 2.35. The van der Waals surface area contributed by atoms with Gasteiger partial charge in [-0.25, -0.2) is 8.42 Å². The first-order chi connectivity index (χ1) is 11.9. The SMILES string of the molecule is COc1ccccc1NS(=O)(=O)c1ccc2c(c1)N(C(C)=O)CCO2. The number of anilines is 2. The number of benzene rings is 2. The summed E-state index contributed by atoms with van der Waals surface area (Å²) in [6.45, 7) is 2.19. The van der Waals surface area contributed by atoms with Crippen LogP contribution in [0.5, 0.6) is 11.5 Å². The number of carbonyl (C=O) groups excluding carboxylic acids is 1. The van der Waals surface area contributed by atoms with Crippen LogP contribution in [0.2, 0.25) is 0 Å². The highest BCUT2D eigenvalue weighted by molar-refractivity contribution is 7.92. The monoisotopic (exact) mass is 362 g/mol. The van der Waals surface area contributed by atoms with Gasteiger partial charge in [0, 0.05) is 6.92 Å². The number of amides is 1. The number of sulfonamides is 1. The van der Waals surface area contributed by atoms with Gasteiger partial charge in [-0.2, -0.15) is 0 Å². The number of hydrogen-bond donors (Lipinski definition) is 1. The highest BCUT2D eigenvalue weighted by atomic mass is 32.2. The number of ether oxygens (including phenoxy) is 2. The van der Waals surface area contributed by atoms with Gasteiger partial charge in [0.05, 0.1) is 29.9 Å². The zero-order valence-electron chi connectivity index (χ0n) is 13.9. The van der Waals surface area contributed by atoms with Crippen LogP contribution in [-0.2, 0) is 14.8 Å². The van der Waals surface area contributed by atoms with Gasteiger partial charge in [-0.1, -0.05) is 12.1 Å². The summed E-state index contributed by atoms with van der Waals surface area (Å²) in [5.41, 5.74) is 0.782. The Labute approximate surface area is 146 Å². The second-order valence-corrected chi connectivity index (χ2v) is 7.14. The maximum Gasteiger partial charge on any atom is 0.262 e. The number of carbonyl (C=O) groups is 1. The van der Waals surface area contributed by atoms with E-state index in [0.717, 1.165) is 0 Å². The minimum absolute atomic E-state index is 0.0360. The molecule has 1 N–H and O–H groups in total. The minimum atomic E-state index is -3.85. The average Bonchev–Trinajstić information content (AvgIpc) is 2.60. The molecule has 1 aliphatic heterocycles. The smallest absolute Gasteiger partial charge is 0.262 e. The lowest BCUT2D eigenvalue weighted by Gasteiger charge is -2.29. The van der Waals surface area contributed by atoms with Gasteiger partial charge in [0.25, 0.3) is 10.0 Å². The van der Waals surface area contributed by atoms with Crippen molar-refractivity contribution in [2.24, 2.45) is 0 Å². The van der Waals surface area contributed by atoms with Crippen molar-refractivity contribution in [2.45, 2.75) is 11.8 Å². The highest BCUT2D eigenvalue weighted by Gasteiger charge is 2.25. The van der Waals surface area contributed by atoms with Gasteiger partial charge in [-0.15, -0.1) is 0 Å². The summed E-state index contributed by atoms with van der Waals surface area (Å²) in [4.78, 5) is 13.3. The largest absolute Gasteiger partial charge is 0.495 e. The van der Waals surface area contributed by atoms with Gasteiger partial charge < -0.3 is 14.4 Å². The molecule has 3 rings (SSSR count). The summed E-state index contributed by atoms with van der Waals surface area (Å²) in [6, 6.07) is 11.2. The number of methoxy groups -OCH3 is 1. The quantitative estimate of drug-likeness (QED) is 0.902. The van der Waals surface area contributed by atoms with Crippen molar-refractivity contribution in [3.63, 3.8) is 0 Å². The van der Waals surface area contributed by atoms with E-state index >= 15 is 0 Å². The lowest BCUT2D eigenvalue weighted by molar-refractivity contribution is -0.116. The van der Waals surface area contributed by atoms with Crippen LogP contribution in [0, 0.1) is 0 Å². The molecule has 0 unspecified atom stereocenters. The average molecular weight is 362 g/mol. The first-order valence-corrected chi connectivity index (χ1v) is 9.11. The molecular formula is C17H18N2O5S. The Hall–Kier alpha value is -2.74. The second-order valence-electron chi connectivity index (χ2n) is 5.45. The van der Waals surface area contributed by atoms with Crippen molar-refractivity contribution in [1.82, 2.24) is 0 Å². The van der Waals surface area contributed by atoms with Crippen molar-refractivity contribution < 1.29 is 22.7 Å². The number of para-hydroxylation sites is 2. The minimum Gasteiger partial charge on any atom is -0.495 e. The molecule has 0 spiro atoms. The Morgan fingerprint density at radius 2 is 2.00 bits per heavy atom. The number of nitrogens with zero attached hydrogens (tertiary/aromatic N) is 1. The molecule has 0 atom stereocenters. The molecule has 8 heteroatoms. The topological polar surface area (TPSA) is 84.9 Å². The zero-order chi connectivity index (χ0) is 18.0. The van der Waals surface area contributed by atoms with E-state index in [4.69, 9.17) is 9.47 Å². The Balaban J connectivity index is 1.98. The molecule has 0 fully saturated rings. The lowest BCUT2D eigenvalue weighted by Crippen LogP contribution is -2.36. The van der Waals surface area contributed by atoms with Crippen LogP contribution >= 0.6 is 0 Å². The summed E-state index contributed by atoms with van der Waals surface area (Å²) < 4.78 is 38.6. The van der Waals surface area contributed by atoms with Crippen LogP contribution in [0.25, 0.3) is 0 Å². The molecule has 25 heavy (non-hydrogen) atoms. The molecule has 2 aromatic carbocycles. The Morgan fingerprint density at radius 3 is 2.72 bits per heavy atom. The zero-order valence-corrected chi connectivity index (χ0v) is 14.7. The molecule has 0 saturated carbocycles. The van der Waals surface area contributed by atoms with E-state index in [1.165, 1.54) is 31.1 Å². The first kappa shape index (κ1) is 17.1. The number of rotatable bonds is 4. The molecule has 1 heterocycles. The van der Waals surface area contributed by atoms with E-state index in [1.54, 1.807) is 30.3 Å². The van der Waals surface area contributed by atoms with E-state index in [9.17, 15) is 13.2 Å². The Bertz CT molecular complexity index is 911. The van der Waals surface area contributed by atoms with Crippen molar-refractivity contribution in [2.75, 3.05) is 29.9 Å². The van der Waals surface area contributed by atoms with E-state index in [2.05, 4.69) is 4.72 Å². The fraction of sp³-hybridized carbons (Fsp3) is 0.235. The van der Waals surface area contributed by atoms with Crippen LogP contribution in [-0.4, -0.2) is 34.6 Å². The first-order valence-electron chi connectivity index (χ1n) is 7.63. The third kappa shape index (κ3) is 3.39. The number of hydrogen-bond acceptors (Lipinski definition) is 5. The van der Waals surface area contributed by atoms with E-state index < -0.39 is 10.0 Å². The van der Waals surface area contributed by atoms with E-state index in [1.807, 2.05) is 0 Å². The maximum atomic E-state index is 12.7. The van der Waals surface area contributed by atoms with Crippen LogP contribution in [0.1, 0.15) is 6.92 Å². The number of fused-ring (bicyclic) bond motifs is 1. The summed E-state index contributed by atoms with van der Waals surface area (Å²) in [5.74, 6) is 0.729. The van der Waals surface area contributed by atoms with Crippen LogP contribution in [0.3, 0.4) is 0 Å². The van der Waals surface area contributed by atoms with Crippen molar-refractivity contribution in [3.05, 3.63) is 42.5 Å². The van der Waals surface area contributed by atoms with E-state index in [-0.39, 0.29) is 10.8 Å². The van der Waals surface area contributed by atoms with Crippen molar-refractivity contribution >= 4 is 27.3 Å². The summed E-state index contributed by atoms with van der Waals surface area (Å²) in [5, 5.41) is 0. The van der Waals surface area contributed by atoms with Gasteiger partial charge in [-0.3, -0.25) is 9.52 Å².